The minimum atomic E-state index is 0.331. The number of hydrogen-bond acceptors (Lipinski definition) is 6. The van der Waals surface area contributed by atoms with E-state index in [1.165, 1.54) is 0 Å². The van der Waals surface area contributed by atoms with E-state index >= 15 is 0 Å². The summed E-state index contributed by atoms with van der Waals surface area (Å²) >= 11 is 5.81. The number of benzene rings is 1. The van der Waals surface area contributed by atoms with Gasteiger partial charge in [0, 0.05) is 17.6 Å². The quantitative estimate of drug-likeness (QED) is 0.529. The van der Waals surface area contributed by atoms with E-state index in [2.05, 4.69) is 20.4 Å². The minimum absolute atomic E-state index is 0.331. The molecule has 0 fully saturated rings. The molecule has 0 aliphatic carbocycles. The van der Waals surface area contributed by atoms with Crippen LogP contribution in [-0.2, 0) is 6.61 Å². The van der Waals surface area contributed by atoms with E-state index in [-0.39, 0.29) is 0 Å². The van der Waals surface area contributed by atoms with Crippen molar-refractivity contribution in [3.8, 4) is 5.75 Å². The van der Waals surface area contributed by atoms with Crippen molar-refractivity contribution < 1.29 is 9.26 Å². The average Bonchev–Trinajstić information content (AvgIpc) is 3.15. The smallest absolute Gasteiger partial charge is 0.174 e. The molecule has 7 heteroatoms. The topological polar surface area (TPSA) is 73.1 Å². The molecule has 0 aliphatic rings. The zero-order chi connectivity index (χ0) is 17.1. The van der Waals surface area contributed by atoms with E-state index in [9.17, 15) is 0 Å². The van der Waals surface area contributed by atoms with Crippen molar-refractivity contribution in [1.29, 1.82) is 0 Å². The second-order valence-corrected chi connectivity index (χ2v) is 5.69. The zero-order valence-corrected chi connectivity index (χ0v) is 13.8. The lowest BCUT2D eigenvalue weighted by molar-refractivity contribution is 0.249. The Morgan fingerprint density at radius 1 is 1.04 bits per heavy atom. The molecule has 0 saturated heterocycles. The molecule has 0 amide bonds. The molecule has 0 atom stereocenters. The van der Waals surface area contributed by atoms with Crippen molar-refractivity contribution in [1.82, 2.24) is 15.1 Å². The van der Waals surface area contributed by atoms with Gasteiger partial charge in [-0.25, -0.2) is 9.97 Å². The van der Waals surface area contributed by atoms with E-state index < -0.39 is 0 Å². The van der Waals surface area contributed by atoms with Gasteiger partial charge in [-0.1, -0.05) is 16.8 Å². The first-order valence-corrected chi connectivity index (χ1v) is 7.95. The molecular weight excluding hydrogens is 340 g/mol. The molecule has 3 heterocycles. The molecule has 0 spiro atoms. The number of fused-ring (bicyclic) bond motifs is 1. The Balaban J connectivity index is 1.57. The van der Waals surface area contributed by atoms with E-state index in [1.54, 1.807) is 30.7 Å². The number of hydrogen-bond donors (Lipinski definition) is 1. The Kier molecular flexibility index (Phi) is 4.18. The molecule has 0 aliphatic heterocycles. The van der Waals surface area contributed by atoms with Crippen LogP contribution in [0.15, 0.2) is 65.6 Å². The standard InChI is InChI=1S/C18H13ClN4O2/c19-17-4-1-13(10-21-17)23-18-16-3-2-14(9-12(16)5-7-20-18)24-11-15-6-8-22-25-15/h1-10H,11H2,(H,20,23). The summed E-state index contributed by atoms with van der Waals surface area (Å²) in [6.07, 6.45) is 5.00. The van der Waals surface area contributed by atoms with Crippen LogP contribution < -0.4 is 10.1 Å². The molecule has 4 aromatic rings. The highest BCUT2D eigenvalue weighted by Crippen LogP contribution is 2.28. The van der Waals surface area contributed by atoms with Crippen LogP contribution >= 0.6 is 11.6 Å². The summed E-state index contributed by atoms with van der Waals surface area (Å²) in [5.41, 5.74) is 0.815. The SMILES string of the molecule is Clc1ccc(Nc2nccc3cc(OCc4ccno4)ccc23)cn1. The number of aromatic nitrogens is 3. The molecule has 0 unspecified atom stereocenters. The predicted octanol–water partition coefficient (Wildman–Crippen LogP) is 4.59. The number of halogens is 1. The van der Waals surface area contributed by atoms with Gasteiger partial charge in [0.15, 0.2) is 5.76 Å². The highest BCUT2D eigenvalue weighted by Gasteiger charge is 2.06. The van der Waals surface area contributed by atoms with Crippen molar-refractivity contribution >= 4 is 33.9 Å². The van der Waals surface area contributed by atoms with Crippen molar-refractivity contribution in [3.05, 3.63) is 72.0 Å². The number of pyridine rings is 2. The molecule has 1 aromatic carbocycles. The Labute approximate surface area is 148 Å². The summed E-state index contributed by atoms with van der Waals surface area (Å²) < 4.78 is 10.8. The maximum atomic E-state index is 5.81. The van der Waals surface area contributed by atoms with Gasteiger partial charge in [0.1, 0.15) is 23.3 Å². The summed E-state index contributed by atoms with van der Waals surface area (Å²) in [4.78, 5) is 8.46. The molecule has 0 saturated carbocycles. The number of ether oxygens (including phenoxy) is 1. The first-order valence-electron chi connectivity index (χ1n) is 7.58. The monoisotopic (exact) mass is 352 g/mol. The van der Waals surface area contributed by atoms with Crippen LogP contribution in [0, 0.1) is 0 Å². The van der Waals surface area contributed by atoms with Gasteiger partial charge >= 0.3 is 0 Å². The van der Waals surface area contributed by atoms with Gasteiger partial charge < -0.3 is 14.6 Å². The zero-order valence-electron chi connectivity index (χ0n) is 13.0. The van der Waals surface area contributed by atoms with Crippen LogP contribution in [-0.4, -0.2) is 15.1 Å². The molecule has 3 aromatic heterocycles. The second-order valence-electron chi connectivity index (χ2n) is 5.30. The number of anilines is 2. The number of nitrogens with zero attached hydrogens (tertiary/aromatic N) is 3. The molecule has 4 rings (SSSR count). The van der Waals surface area contributed by atoms with E-state index in [0.717, 1.165) is 28.0 Å². The first kappa shape index (κ1) is 15.4. The van der Waals surface area contributed by atoms with Crippen molar-refractivity contribution in [2.45, 2.75) is 6.61 Å². The molecule has 25 heavy (non-hydrogen) atoms. The molecule has 0 radical (unpaired) electrons. The summed E-state index contributed by atoms with van der Waals surface area (Å²) in [6, 6.07) is 13.1. The van der Waals surface area contributed by atoms with E-state index in [0.29, 0.717) is 17.5 Å². The highest BCUT2D eigenvalue weighted by atomic mass is 35.5. The summed E-state index contributed by atoms with van der Waals surface area (Å²) in [7, 11) is 0. The van der Waals surface area contributed by atoms with Crippen LogP contribution in [0.3, 0.4) is 0 Å². The Hall–Kier alpha value is -3.12. The Morgan fingerprint density at radius 2 is 2.00 bits per heavy atom. The fraction of sp³-hybridized carbons (Fsp3) is 0.0556. The minimum Gasteiger partial charge on any atom is -0.486 e. The third kappa shape index (κ3) is 3.54. The highest BCUT2D eigenvalue weighted by molar-refractivity contribution is 6.29. The van der Waals surface area contributed by atoms with Gasteiger partial charge in [0.2, 0.25) is 0 Å². The van der Waals surface area contributed by atoms with Gasteiger partial charge in [-0.15, -0.1) is 0 Å². The summed E-state index contributed by atoms with van der Waals surface area (Å²) in [5.74, 6) is 2.16. The van der Waals surface area contributed by atoms with Gasteiger partial charge in [-0.05, 0) is 41.8 Å². The molecule has 1 N–H and O–H groups in total. The van der Waals surface area contributed by atoms with Crippen LogP contribution in [0.25, 0.3) is 10.8 Å². The van der Waals surface area contributed by atoms with Gasteiger partial charge in [0.05, 0.1) is 18.1 Å². The third-order valence-electron chi connectivity index (χ3n) is 3.60. The van der Waals surface area contributed by atoms with Crippen LogP contribution in [0.1, 0.15) is 5.76 Å². The van der Waals surface area contributed by atoms with E-state index in [4.69, 9.17) is 20.9 Å². The largest absolute Gasteiger partial charge is 0.486 e. The maximum Gasteiger partial charge on any atom is 0.174 e. The number of rotatable bonds is 5. The first-order chi connectivity index (χ1) is 12.3. The summed E-state index contributed by atoms with van der Waals surface area (Å²) in [5, 5.41) is 9.34. The molecule has 6 nitrogen and oxygen atoms in total. The lowest BCUT2D eigenvalue weighted by Crippen LogP contribution is -1.96. The Morgan fingerprint density at radius 3 is 2.80 bits per heavy atom. The fourth-order valence-electron chi connectivity index (χ4n) is 2.40. The molecule has 0 bridgehead atoms. The summed E-state index contributed by atoms with van der Waals surface area (Å²) in [6.45, 7) is 0.331. The molecule has 124 valence electrons. The van der Waals surface area contributed by atoms with Crippen LogP contribution in [0.2, 0.25) is 5.15 Å². The van der Waals surface area contributed by atoms with Gasteiger partial charge in [-0.2, -0.15) is 0 Å². The molecular formula is C18H13ClN4O2. The van der Waals surface area contributed by atoms with E-state index in [1.807, 2.05) is 30.3 Å². The van der Waals surface area contributed by atoms with Crippen LogP contribution in [0.4, 0.5) is 11.5 Å². The lowest BCUT2D eigenvalue weighted by atomic mass is 10.1. The number of nitrogens with one attached hydrogen (secondary N) is 1. The fourth-order valence-corrected chi connectivity index (χ4v) is 2.51. The third-order valence-corrected chi connectivity index (χ3v) is 3.82. The lowest BCUT2D eigenvalue weighted by Gasteiger charge is -2.10. The predicted molar refractivity (Wildman–Crippen MR) is 95.1 cm³/mol. The second kappa shape index (κ2) is 6.78. The normalized spacial score (nSPS) is 10.8. The van der Waals surface area contributed by atoms with Gasteiger partial charge in [-0.3, -0.25) is 0 Å². The van der Waals surface area contributed by atoms with Crippen LogP contribution in [0.5, 0.6) is 5.75 Å². The van der Waals surface area contributed by atoms with Gasteiger partial charge in [0.25, 0.3) is 0 Å². The van der Waals surface area contributed by atoms with Crippen molar-refractivity contribution in [2.75, 3.05) is 5.32 Å². The maximum absolute atomic E-state index is 5.81. The average molecular weight is 353 g/mol. The Bertz CT molecular complexity index is 988. The van der Waals surface area contributed by atoms with Crippen molar-refractivity contribution in [2.24, 2.45) is 0 Å². The van der Waals surface area contributed by atoms with Crippen molar-refractivity contribution in [3.63, 3.8) is 0 Å².